The van der Waals surface area contributed by atoms with Crippen LogP contribution in [0.15, 0.2) is 12.1 Å². The van der Waals surface area contributed by atoms with Gasteiger partial charge in [0.25, 0.3) is 11.8 Å². The first-order valence-electron chi connectivity index (χ1n) is 9.43. The summed E-state index contributed by atoms with van der Waals surface area (Å²) in [6, 6.07) is 3.88. The van der Waals surface area contributed by atoms with Crippen molar-refractivity contribution in [2.24, 2.45) is 5.73 Å². The Morgan fingerprint density at radius 2 is 2.00 bits per heavy atom. The first kappa shape index (κ1) is 18.9. The highest BCUT2D eigenvalue weighted by Crippen LogP contribution is 2.39. The van der Waals surface area contributed by atoms with Crippen LogP contribution < -0.4 is 16.8 Å². The minimum atomic E-state index is -0.495. The van der Waals surface area contributed by atoms with E-state index in [-0.39, 0.29) is 5.91 Å². The van der Waals surface area contributed by atoms with Crippen molar-refractivity contribution >= 4 is 55.4 Å². The van der Waals surface area contributed by atoms with E-state index in [1.54, 1.807) is 0 Å². The Balaban J connectivity index is 1.68. The summed E-state index contributed by atoms with van der Waals surface area (Å²) >= 11 is 2.73. The lowest BCUT2D eigenvalue weighted by Gasteiger charge is -2.11. The number of hydrogen-bond acceptors (Lipinski definition) is 6. The van der Waals surface area contributed by atoms with Crippen molar-refractivity contribution in [1.82, 2.24) is 4.98 Å². The number of anilines is 2. The minimum Gasteiger partial charge on any atom is -0.397 e. The fraction of sp³-hybridized carbons (Fsp3) is 0.350. The average Bonchev–Trinajstić information content (AvgIpc) is 3.19. The fourth-order valence-electron chi connectivity index (χ4n) is 3.67. The van der Waals surface area contributed by atoms with Gasteiger partial charge < -0.3 is 16.8 Å². The standard InChI is InChI=1S/C20H22N4O2S2/c1-2-5-10-8-9-12-15(21)16(28-19(12)23-10)18(26)24-20-14(17(22)25)11-6-3-4-7-13(11)27-20/h8-9H,2-7,21H2,1H3,(H2,22,25)(H,24,26). The van der Waals surface area contributed by atoms with Crippen LogP contribution in [0.1, 0.15) is 62.4 Å². The van der Waals surface area contributed by atoms with Crippen molar-refractivity contribution in [2.75, 3.05) is 11.1 Å². The largest absolute Gasteiger partial charge is 0.397 e. The van der Waals surface area contributed by atoms with Gasteiger partial charge in [0.15, 0.2) is 0 Å². The van der Waals surface area contributed by atoms with Crippen LogP contribution in [0.4, 0.5) is 10.7 Å². The van der Waals surface area contributed by atoms with Gasteiger partial charge >= 0.3 is 0 Å². The molecule has 0 fully saturated rings. The Morgan fingerprint density at radius 3 is 2.75 bits per heavy atom. The molecule has 0 atom stereocenters. The fourth-order valence-corrected chi connectivity index (χ4v) is 5.97. The number of aromatic nitrogens is 1. The smallest absolute Gasteiger partial charge is 0.268 e. The molecule has 0 aliphatic heterocycles. The van der Waals surface area contributed by atoms with Gasteiger partial charge in [-0.25, -0.2) is 4.98 Å². The lowest BCUT2D eigenvalue weighted by atomic mass is 9.95. The predicted octanol–water partition coefficient (Wildman–Crippen LogP) is 4.12. The third-order valence-electron chi connectivity index (χ3n) is 5.01. The van der Waals surface area contributed by atoms with Gasteiger partial charge in [-0.1, -0.05) is 13.3 Å². The number of thiophene rings is 2. The molecule has 1 aliphatic carbocycles. The molecule has 2 amide bonds. The van der Waals surface area contributed by atoms with Gasteiger partial charge in [-0.3, -0.25) is 9.59 Å². The monoisotopic (exact) mass is 414 g/mol. The number of amides is 2. The van der Waals surface area contributed by atoms with Gasteiger partial charge in [0.1, 0.15) is 14.7 Å². The summed E-state index contributed by atoms with van der Waals surface area (Å²) in [4.78, 5) is 31.9. The van der Waals surface area contributed by atoms with Crippen LogP contribution in [-0.4, -0.2) is 16.8 Å². The van der Waals surface area contributed by atoms with Gasteiger partial charge in [0, 0.05) is 16.0 Å². The molecule has 28 heavy (non-hydrogen) atoms. The van der Waals surface area contributed by atoms with E-state index in [0.717, 1.165) is 64.9 Å². The molecule has 3 aromatic heterocycles. The number of nitrogens with one attached hydrogen (secondary N) is 1. The number of nitrogen functional groups attached to an aromatic ring is 1. The van der Waals surface area contributed by atoms with Crippen molar-refractivity contribution < 1.29 is 9.59 Å². The Hall–Kier alpha value is -2.45. The number of fused-ring (bicyclic) bond motifs is 2. The van der Waals surface area contributed by atoms with E-state index in [4.69, 9.17) is 11.5 Å². The third kappa shape index (κ3) is 3.27. The number of aryl methyl sites for hydroxylation is 2. The van der Waals surface area contributed by atoms with Gasteiger partial charge in [0.05, 0.1) is 11.3 Å². The Labute approximate surface area is 171 Å². The molecule has 0 radical (unpaired) electrons. The van der Waals surface area contributed by atoms with Crippen molar-refractivity contribution in [2.45, 2.75) is 45.4 Å². The van der Waals surface area contributed by atoms with E-state index in [0.29, 0.717) is 21.1 Å². The van der Waals surface area contributed by atoms with Gasteiger partial charge in [-0.2, -0.15) is 0 Å². The predicted molar refractivity (Wildman–Crippen MR) is 115 cm³/mol. The van der Waals surface area contributed by atoms with Crippen molar-refractivity contribution in [3.05, 3.63) is 38.7 Å². The molecular weight excluding hydrogens is 392 g/mol. The Morgan fingerprint density at radius 1 is 1.21 bits per heavy atom. The summed E-state index contributed by atoms with van der Waals surface area (Å²) < 4.78 is 0. The quantitative estimate of drug-likeness (QED) is 0.583. The first-order valence-corrected chi connectivity index (χ1v) is 11.1. The highest BCUT2D eigenvalue weighted by atomic mass is 32.1. The van der Waals surface area contributed by atoms with Crippen molar-refractivity contribution in [3.8, 4) is 0 Å². The molecule has 4 rings (SSSR count). The summed E-state index contributed by atoms with van der Waals surface area (Å²) in [5, 5.41) is 4.20. The number of primary amides is 1. The zero-order chi connectivity index (χ0) is 19.8. The second-order valence-electron chi connectivity index (χ2n) is 6.98. The maximum absolute atomic E-state index is 12.9. The van der Waals surface area contributed by atoms with E-state index >= 15 is 0 Å². The molecule has 0 unspecified atom stereocenters. The minimum absolute atomic E-state index is 0.321. The summed E-state index contributed by atoms with van der Waals surface area (Å²) in [6.07, 6.45) is 5.77. The number of nitrogens with zero attached hydrogens (tertiary/aromatic N) is 1. The van der Waals surface area contributed by atoms with Crippen molar-refractivity contribution in [3.63, 3.8) is 0 Å². The van der Waals surface area contributed by atoms with Crippen LogP contribution in [0.2, 0.25) is 0 Å². The van der Waals surface area contributed by atoms with E-state index in [9.17, 15) is 9.59 Å². The second-order valence-corrected chi connectivity index (χ2v) is 9.09. The van der Waals surface area contributed by atoms with Gasteiger partial charge in [-0.15, -0.1) is 22.7 Å². The molecule has 3 heterocycles. The number of pyridine rings is 1. The number of carbonyl (C=O) groups excluding carboxylic acids is 2. The molecule has 146 valence electrons. The Bertz CT molecular complexity index is 1080. The van der Waals surface area contributed by atoms with E-state index in [1.807, 2.05) is 12.1 Å². The summed E-state index contributed by atoms with van der Waals surface area (Å²) in [5.74, 6) is -0.816. The van der Waals surface area contributed by atoms with Gasteiger partial charge in [-0.05, 0) is 49.8 Å². The van der Waals surface area contributed by atoms with E-state index < -0.39 is 5.91 Å². The van der Waals surface area contributed by atoms with Crippen LogP contribution in [0.25, 0.3) is 10.2 Å². The van der Waals surface area contributed by atoms with Crippen LogP contribution in [0.3, 0.4) is 0 Å². The first-order chi connectivity index (χ1) is 13.5. The molecule has 5 N–H and O–H groups in total. The number of hydrogen-bond donors (Lipinski definition) is 3. The average molecular weight is 415 g/mol. The number of carbonyl (C=O) groups is 2. The maximum Gasteiger partial charge on any atom is 0.268 e. The third-order valence-corrected chi connectivity index (χ3v) is 7.33. The molecule has 3 aromatic rings. The highest BCUT2D eigenvalue weighted by molar-refractivity contribution is 7.21. The van der Waals surface area contributed by atoms with Crippen LogP contribution in [-0.2, 0) is 19.3 Å². The van der Waals surface area contributed by atoms with E-state index in [2.05, 4.69) is 17.2 Å². The molecule has 0 spiro atoms. The summed E-state index contributed by atoms with van der Waals surface area (Å²) in [6.45, 7) is 2.10. The van der Waals surface area contributed by atoms with Crippen LogP contribution in [0, 0.1) is 0 Å². The normalized spacial score (nSPS) is 13.5. The lowest BCUT2D eigenvalue weighted by molar-refractivity contribution is 0.100. The summed E-state index contributed by atoms with van der Waals surface area (Å²) in [7, 11) is 0. The van der Waals surface area contributed by atoms with Gasteiger partial charge in [0.2, 0.25) is 0 Å². The molecule has 0 saturated heterocycles. The molecule has 1 aliphatic rings. The number of nitrogens with two attached hydrogens (primary N) is 2. The summed E-state index contributed by atoms with van der Waals surface area (Å²) in [5.41, 5.74) is 14.7. The molecule has 0 bridgehead atoms. The lowest BCUT2D eigenvalue weighted by Crippen LogP contribution is -2.18. The molecule has 0 saturated carbocycles. The highest BCUT2D eigenvalue weighted by Gasteiger charge is 2.26. The van der Waals surface area contributed by atoms with Crippen LogP contribution >= 0.6 is 22.7 Å². The SMILES string of the molecule is CCCc1ccc2c(N)c(C(=O)Nc3sc4c(c3C(N)=O)CCCC4)sc2n1. The van der Waals surface area contributed by atoms with Crippen LogP contribution in [0.5, 0.6) is 0 Å². The molecule has 6 nitrogen and oxygen atoms in total. The van der Waals surface area contributed by atoms with Crippen molar-refractivity contribution in [1.29, 1.82) is 0 Å². The zero-order valence-corrected chi connectivity index (χ0v) is 17.3. The Kier molecular flexibility index (Phi) is 5.07. The topological polar surface area (TPSA) is 111 Å². The zero-order valence-electron chi connectivity index (χ0n) is 15.6. The maximum atomic E-state index is 12.9. The second kappa shape index (κ2) is 7.52. The molecule has 8 heteroatoms. The number of rotatable bonds is 5. The molecular formula is C20H22N4O2S2. The molecule has 0 aromatic carbocycles. The van der Waals surface area contributed by atoms with E-state index in [1.165, 1.54) is 22.7 Å².